The van der Waals surface area contributed by atoms with E-state index in [9.17, 15) is 4.79 Å². The molecule has 2 rings (SSSR count). The van der Waals surface area contributed by atoms with E-state index in [1.807, 2.05) is 6.92 Å². The first-order valence-electron chi connectivity index (χ1n) is 6.28. The van der Waals surface area contributed by atoms with Crippen LogP contribution in [0.2, 0.25) is 0 Å². The normalized spacial score (nSPS) is 19.9. The van der Waals surface area contributed by atoms with Crippen LogP contribution in [0.25, 0.3) is 0 Å². The number of carbonyl (C=O) groups excluding carboxylic acids is 1. The number of oxime groups is 1. The van der Waals surface area contributed by atoms with Crippen molar-refractivity contribution in [1.29, 1.82) is 0 Å². The van der Waals surface area contributed by atoms with E-state index in [2.05, 4.69) is 14.7 Å². The maximum atomic E-state index is 12.5. The van der Waals surface area contributed by atoms with Crippen LogP contribution in [-0.4, -0.2) is 44.0 Å². The Balaban J connectivity index is 2.21. The Morgan fingerprint density at radius 1 is 1.68 bits per heavy atom. The van der Waals surface area contributed by atoms with Crippen molar-refractivity contribution < 1.29 is 10.0 Å². The predicted molar refractivity (Wildman–Crippen MR) is 71.4 cm³/mol. The predicted octanol–water partition coefficient (Wildman–Crippen LogP) is 0.842. The molecule has 2 heterocycles. The lowest BCUT2D eigenvalue weighted by Crippen LogP contribution is -2.43. The summed E-state index contributed by atoms with van der Waals surface area (Å²) < 4.78 is 3.86. The molecule has 0 aliphatic carbocycles. The monoisotopic (exact) mass is 283 g/mol. The molecule has 0 aromatic carbocycles. The van der Waals surface area contributed by atoms with Crippen LogP contribution in [0.3, 0.4) is 0 Å². The first-order valence-corrected chi connectivity index (χ1v) is 7.06. The van der Waals surface area contributed by atoms with Gasteiger partial charge in [0.2, 0.25) is 0 Å². The molecule has 1 atom stereocenters. The quantitative estimate of drug-likeness (QED) is 0.369. The van der Waals surface area contributed by atoms with Crippen LogP contribution in [-0.2, 0) is 6.42 Å². The molecule has 1 amide bonds. The highest BCUT2D eigenvalue weighted by molar-refractivity contribution is 7.08. The van der Waals surface area contributed by atoms with Crippen molar-refractivity contribution in [3.05, 3.63) is 10.6 Å². The number of amidine groups is 1. The van der Waals surface area contributed by atoms with Crippen LogP contribution < -0.4 is 5.73 Å². The second-order valence-electron chi connectivity index (χ2n) is 4.48. The number of nitrogens with zero attached hydrogens (tertiary/aromatic N) is 4. The van der Waals surface area contributed by atoms with E-state index in [1.165, 1.54) is 0 Å². The van der Waals surface area contributed by atoms with Gasteiger partial charge in [0.05, 0.1) is 11.7 Å². The molecule has 1 unspecified atom stereocenters. The summed E-state index contributed by atoms with van der Waals surface area (Å²) in [6.07, 6.45) is 3.22. The van der Waals surface area contributed by atoms with Crippen molar-refractivity contribution in [2.45, 2.75) is 38.6 Å². The highest BCUT2D eigenvalue weighted by Crippen LogP contribution is 2.23. The summed E-state index contributed by atoms with van der Waals surface area (Å²) in [6.45, 7) is 2.64. The number of rotatable bonds is 4. The molecule has 1 aliphatic heterocycles. The van der Waals surface area contributed by atoms with Crippen LogP contribution in [0.4, 0.5) is 0 Å². The zero-order valence-electron chi connectivity index (χ0n) is 10.7. The van der Waals surface area contributed by atoms with Gasteiger partial charge in [-0.25, -0.2) is 0 Å². The third-order valence-electron chi connectivity index (χ3n) is 3.21. The van der Waals surface area contributed by atoms with Crippen LogP contribution in [0.15, 0.2) is 5.16 Å². The molecule has 7 nitrogen and oxygen atoms in total. The fourth-order valence-electron chi connectivity index (χ4n) is 2.29. The summed E-state index contributed by atoms with van der Waals surface area (Å²) in [5.74, 6) is -0.0343. The summed E-state index contributed by atoms with van der Waals surface area (Å²) in [7, 11) is 0. The minimum atomic E-state index is -0.325. The van der Waals surface area contributed by atoms with Gasteiger partial charge in [-0.05, 0) is 30.8 Å². The van der Waals surface area contributed by atoms with Crippen molar-refractivity contribution >= 4 is 23.3 Å². The van der Waals surface area contributed by atoms with Crippen molar-refractivity contribution in [2.24, 2.45) is 10.9 Å². The van der Waals surface area contributed by atoms with Crippen LogP contribution in [0, 0.1) is 0 Å². The number of hydrogen-bond acceptors (Lipinski definition) is 6. The fraction of sp³-hybridized carbons (Fsp3) is 0.636. The number of carbonyl (C=O) groups is 1. The number of aryl methyl sites for hydroxylation is 1. The van der Waals surface area contributed by atoms with E-state index >= 15 is 0 Å². The van der Waals surface area contributed by atoms with Gasteiger partial charge in [0.25, 0.3) is 5.91 Å². The molecular formula is C11H17N5O2S. The molecular weight excluding hydrogens is 266 g/mol. The van der Waals surface area contributed by atoms with E-state index < -0.39 is 0 Å². The Labute approximate surface area is 115 Å². The van der Waals surface area contributed by atoms with Gasteiger partial charge in [-0.3, -0.25) is 4.79 Å². The SMILES string of the molecule is CCCc1nnsc1C(=O)N1CCCC1C(N)=NO. The second kappa shape index (κ2) is 5.96. The summed E-state index contributed by atoms with van der Waals surface area (Å²) in [4.78, 5) is 14.7. The average molecular weight is 283 g/mol. The largest absolute Gasteiger partial charge is 0.409 e. The summed E-state index contributed by atoms with van der Waals surface area (Å²) >= 11 is 1.11. The summed E-state index contributed by atoms with van der Waals surface area (Å²) in [5.41, 5.74) is 6.37. The Morgan fingerprint density at radius 3 is 3.16 bits per heavy atom. The Morgan fingerprint density at radius 2 is 2.47 bits per heavy atom. The van der Waals surface area contributed by atoms with Crippen molar-refractivity contribution in [3.8, 4) is 0 Å². The molecule has 0 saturated carbocycles. The lowest BCUT2D eigenvalue weighted by molar-refractivity contribution is 0.0771. The van der Waals surface area contributed by atoms with Gasteiger partial charge < -0.3 is 15.8 Å². The minimum absolute atomic E-state index is 0.0837. The molecule has 1 aromatic rings. The Bertz CT molecular complexity index is 487. The van der Waals surface area contributed by atoms with Gasteiger partial charge in [-0.2, -0.15) is 0 Å². The van der Waals surface area contributed by atoms with E-state index in [0.717, 1.165) is 42.9 Å². The van der Waals surface area contributed by atoms with Crippen LogP contribution >= 0.6 is 11.5 Å². The number of amides is 1. The van der Waals surface area contributed by atoms with Gasteiger partial charge >= 0.3 is 0 Å². The van der Waals surface area contributed by atoms with Gasteiger partial charge in [0, 0.05) is 6.54 Å². The maximum absolute atomic E-state index is 12.5. The average Bonchev–Trinajstić information content (AvgIpc) is 3.06. The highest BCUT2D eigenvalue weighted by atomic mass is 32.1. The van der Waals surface area contributed by atoms with Crippen molar-refractivity contribution in [1.82, 2.24) is 14.5 Å². The summed E-state index contributed by atoms with van der Waals surface area (Å²) in [5, 5.41) is 15.8. The molecule has 3 N–H and O–H groups in total. The smallest absolute Gasteiger partial charge is 0.268 e. The zero-order chi connectivity index (χ0) is 13.8. The molecule has 104 valence electrons. The molecule has 19 heavy (non-hydrogen) atoms. The molecule has 0 spiro atoms. The van der Waals surface area contributed by atoms with E-state index in [4.69, 9.17) is 10.9 Å². The number of aromatic nitrogens is 2. The zero-order valence-corrected chi connectivity index (χ0v) is 11.6. The van der Waals surface area contributed by atoms with E-state index in [0.29, 0.717) is 11.4 Å². The second-order valence-corrected chi connectivity index (χ2v) is 5.23. The molecule has 1 saturated heterocycles. The number of hydrogen-bond donors (Lipinski definition) is 2. The van der Waals surface area contributed by atoms with E-state index in [1.54, 1.807) is 4.90 Å². The Hall–Kier alpha value is -1.70. The van der Waals surface area contributed by atoms with Gasteiger partial charge in [0.15, 0.2) is 5.84 Å². The van der Waals surface area contributed by atoms with Gasteiger partial charge in [0.1, 0.15) is 4.88 Å². The Kier molecular flexibility index (Phi) is 4.31. The molecule has 1 aliphatic rings. The van der Waals surface area contributed by atoms with E-state index in [-0.39, 0.29) is 17.8 Å². The fourth-order valence-corrected chi connectivity index (χ4v) is 2.95. The van der Waals surface area contributed by atoms with Crippen LogP contribution in [0.5, 0.6) is 0 Å². The van der Waals surface area contributed by atoms with Crippen molar-refractivity contribution in [3.63, 3.8) is 0 Å². The third-order valence-corrected chi connectivity index (χ3v) is 3.96. The van der Waals surface area contributed by atoms with Gasteiger partial charge in [-0.15, -0.1) is 5.10 Å². The maximum Gasteiger partial charge on any atom is 0.268 e. The topological polar surface area (TPSA) is 105 Å². The number of likely N-dealkylation sites (tertiary alicyclic amines) is 1. The first kappa shape index (κ1) is 13.7. The number of nitrogens with two attached hydrogens (primary N) is 1. The molecule has 1 fully saturated rings. The molecule has 0 radical (unpaired) electrons. The van der Waals surface area contributed by atoms with Crippen molar-refractivity contribution in [2.75, 3.05) is 6.54 Å². The summed E-state index contributed by atoms with van der Waals surface area (Å²) in [6, 6.07) is -0.325. The lowest BCUT2D eigenvalue weighted by atomic mass is 10.2. The molecule has 0 bridgehead atoms. The molecule has 1 aromatic heterocycles. The molecule has 8 heteroatoms. The van der Waals surface area contributed by atoms with Gasteiger partial charge in [-0.1, -0.05) is 23.0 Å². The van der Waals surface area contributed by atoms with Crippen LogP contribution in [0.1, 0.15) is 41.6 Å². The lowest BCUT2D eigenvalue weighted by Gasteiger charge is -2.22. The highest BCUT2D eigenvalue weighted by Gasteiger charge is 2.34. The minimum Gasteiger partial charge on any atom is -0.409 e. The standard InChI is InChI=1S/C11H17N5O2S/c1-2-4-7-9(19-15-13-7)11(17)16-6-3-5-8(16)10(12)14-18/h8,18H,2-6H2,1H3,(H2,12,14). The third kappa shape index (κ3) is 2.67. The first-order chi connectivity index (χ1) is 9.19.